The van der Waals surface area contributed by atoms with E-state index < -0.39 is 58.2 Å². The van der Waals surface area contributed by atoms with Crippen LogP contribution in [0.1, 0.15) is 26.3 Å². The molecule has 0 radical (unpaired) electrons. The quantitative estimate of drug-likeness (QED) is 0.429. The number of rotatable bonds is 8. The maximum atomic E-state index is 13.0. The molecule has 0 aliphatic carbocycles. The minimum absolute atomic E-state index is 0.394. The van der Waals surface area contributed by atoms with Gasteiger partial charge in [-0.2, -0.15) is 0 Å². The van der Waals surface area contributed by atoms with Gasteiger partial charge < -0.3 is 25.2 Å². The molecule has 0 spiro atoms. The van der Waals surface area contributed by atoms with Crippen molar-refractivity contribution >= 4 is 29.1 Å². The molecule has 6 atom stereocenters. The highest BCUT2D eigenvalue weighted by Gasteiger charge is 2.76. The number of carbonyl (C=O) groups excluding carboxylic acids is 3. The molecule has 3 rings (SSSR count). The van der Waals surface area contributed by atoms with E-state index in [2.05, 4.69) is 0 Å². The topological polar surface area (TPSA) is 141 Å². The lowest BCUT2D eigenvalue weighted by atomic mass is 9.60. The molecule has 1 fully saturated rings. The van der Waals surface area contributed by atoms with E-state index in [9.17, 15) is 34.8 Å². The lowest BCUT2D eigenvalue weighted by molar-refractivity contribution is -0.323. The number of aliphatic hydroxyl groups excluding tert-OH is 1. The summed E-state index contributed by atoms with van der Waals surface area (Å²) >= 11 is 0.860. The molecule has 0 amide bonds. The molecule has 182 valence electrons. The summed E-state index contributed by atoms with van der Waals surface area (Å²) in [4.78, 5) is 38.5. The average molecular weight is 489 g/mol. The molecule has 0 saturated carbocycles. The Bertz CT molecular complexity index is 1060. The Labute approximate surface area is 201 Å². The van der Waals surface area contributed by atoms with Gasteiger partial charge in [-0.3, -0.25) is 14.4 Å². The summed E-state index contributed by atoms with van der Waals surface area (Å²) in [7, 11) is 0. The largest absolute Gasteiger partial charge is 0.382 e. The van der Waals surface area contributed by atoms with Crippen molar-refractivity contribution in [2.24, 2.45) is 0 Å². The van der Waals surface area contributed by atoms with E-state index in [1.165, 1.54) is 0 Å². The van der Waals surface area contributed by atoms with Crippen molar-refractivity contribution in [2.45, 2.75) is 66.5 Å². The summed E-state index contributed by atoms with van der Waals surface area (Å²) < 4.78 is 5.79. The Morgan fingerprint density at radius 2 is 1.38 bits per heavy atom. The summed E-state index contributed by atoms with van der Waals surface area (Å²) in [5, 5.41) is 46.3. The number of hydrogen-bond acceptors (Lipinski definition) is 9. The molecule has 9 heteroatoms. The number of hydrogen-bond donors (Lipinski definition) is 4. The predicted octanol–water partition coefficient (Wildman–Crippen LogP) is 1.07. The SMILES string of the molecule is CC(=O)C(O)[C@H]1O[C@@H](Sc2ccccc2)[C@](O)(C(C)=O)[C@@](O)(Cc2ccccc2)[C@]1(O)C(C)=O. The van der Waals surface area contributed by atoms with Gasteiger partial charge in [-0.25, -0.2) is 0 Å². The first kappa shape index (κ1) is 26.2. The predicted molar refractivity (Wildman–Crippen MR) is 124 cm³/mol. The highest BCUT2D eigenvalue weighted by Crippen LogP contribution is 2.52. The molecule has 1 unspecified atom stereocenters. The van der Waals surface area contributed by atoms with E-state index in [4.69, 9.17) is 4.74 Å². The molecule has 1 saturated heterocycles. The molecule has 8 nitrogen and oxygen atoms in total. The number of benzene rings is 2. The minimum atomic E-state index is -3.01. The van der Waals surface area contributed by atoms with Gasteiger partial charge in [-0.05, 0) is 38.5 Å². The van der Waals surface area contributed by atoms with Crippen molar-refractivity contribution in [2.75, 3.05) is 0 Å². The minimum Gasteiger partial charge on any atom is -0.382 e. The zero-order valence-corrected chi connectivity index (χ0v) is 19.9. The fourth-order valence-corrected chi connectivity index (χ4v) is 5.68. The van der Waals surface area contributed by atoms with Crippen molar-refractivity contribution in [3.8, 4) is 0 Å². The number of aliphatic hydroxyl groups is 4. The van der Waals surface area contributed by atoms with E-state index in [0.29, 0.717) is 10.5 Å². The summed E-state index contributed by atoms with van der Waals surface area (Å²) in [5.74, 6) is -2.88. The van der Waals surface area contributed by atoms with Gasteiger partial charge in [-0.15, -0.1) is 0 Å². The Morgan fingerprint density at radius 1 is 0.882 bits per heavy atom. The van der Waals surface area contributed by atoms with E-state index in [0.717, 1.165) is 32.5 Å². The van der Waals surface area contributed by atoms with Crippen LogP contribution in [0.15, 0.2) is 65.6 Å². The number of ketones is 3. The first-order chi connectivity index (χ1) is 15.9. The van der Waals surface area contributed by atoms with Gasteiger partial charge in [0.15, 0.2) is 28.6 Å². The Balaban J connectivity index is 2.29. The second-order valence-electron chi connectivity index (χ2n) is 8.54. The molecule has 4 N–H and O–H groups in total. The molecule has 2 aromatic carbocycles. The summed E-state index contributed by atoms with van der Waals surface area (Å²) in [5.41, 5.74) is -9.88. The number of carbonyl (C=O) groups is 3. The number of Topliss-reactive ketones (excluding diaryl/α,β-unsaturated/α-hetero) is 3. The Hall–Kier alpha value is -2.40. The average Bonchev–Trinajstić information content (AvgIpc) is 2.80. The van der Waals surface area contributed by atoms with Crippen LogP contribution in [0.25, 0.3) is 0 Å². The molecule has 34 heavy (non-hydrogen) atoms. The van der Waals surface area contributed by atoms with Gasteiger partial charge >= 0.3 is 0 Å². The van der Waals surface area contributed by atoms with E-state index in [-0.39, 0.29) is 0 Å². The van der Waals surface area contributed by atoms with Gasteiger partial charge in [0.05, 0.1) is 0 Å². The van der Waals surface area contributed by atoms with Crippen molar-refractivity contribution in [1.82, 2.24) is 0 Å². The summed E-state index contributed by atoms with van der Waals surface area (Å²) in [6, 6.07) is 16.7. The van der Waals surface area contributed by atoms with Gasteiger partial charge in [0.1, 0.15) is 23.2 Å². The summed E-state index contributed by atoms with van der Waals surface area (Å²) in [6.45, 7) is 2.99. The summed E-state index contributed by atoms with van der Waals surface area (Å²) in [6.07, 6.45) is -4.53. The Kier molecular flexibility index (Phi) is 7.47. The normalized spacial score (nSPS) is 32.1. The molecular formula is C25H28O8S. The molecule has 1 aliphatic rings. The second kappa shape index (κ2) is 9.69. The smallest absolute Gasteiger partial charge is 0.191 e. The second-order valence-corrected chi connectivity index (χ2v) is 9.68. The van der Waals surface area contributed by atoms with Gasteiger partial charge in [0.25, 0.3) is 0 Å². The highest BCUT2D eigenvalue weighted by molar-refractivity contribution is 8.00. The molecule has 0 aromatic heterocycles. The maximum absolute atomic E-state index is 13.0. The van der Waals surface area contributed by atoms with E-state index >= 15 is 0 Å². The van der Waals surface area contributed by atoms with Crippen LogP contribution >= 0.6 is 11.8 Å². The molecule has 0 bridgehead atoms. The van der Waals surface area contributed by atoms with Crippen LogP contribution in [-0.4, -0.2) is 72.2 Å². The van der Waals surface area contributed by atoms with Crippen molar-refractivity contribution in [1.29, 1.82) is 0 Å². The molecular weight excluding hydrogens is 460 g/mol. The third-order valence-corrected chi connectivity index (χ3v) is 7.56. The molecule has 1 heterocycles. The van der Waals surface area contributed by atoms with Crippen molar-refractivity contribution in [3.05, 3.63) is 66.2 Å². The van der Waals surface area contributed by atoms with Crippen molar-refractivity contribution < 1.29 is 39.5 Å². The van der Waals surface area contributed by atoms with Crippen molar-refractivity contribution in [3.63, 3.8) is 0 Å². The number of thioether (sulfide) groups is 1. The standard InChI is InChI=1S/C25H28O8S/c1-15(26)20(29)21-24(31,16(2)27)23(30,14-18-10-6-4-7-11-18)25(32,17(3)28)22(33-21)34-19-12-8-5-9-13-19/h4-13,20-22,29-32H,14H2,1-3H3/t20?,21-,22+,23-,24+,25-/m1/s1. The zero-order valence-electron chi connectivity index (χ0n) is 19.0. The first-order valence-electron chi connectivity index (χ1n) is 10.7. The van der Waals surface area contributed by atoms with Gasteiger partial charge in [0, 0.05) is 11.3 Å². The zero-order chi connectivity index (χ0) is 25.3. The molecule has 1 aliphatic heterocycles. The van der Waals surface area contributed by atoms with Crippen LogP contribution in [0.4, 0.5) is 0 Å². The van der Waals surface area contributed by atoms with Crippen LogP contribution in [0, 0.1) is 0 Å². The van der Waals surface area contributed by atoms with E-state index in [1.54, 1.807) is 60.7 Å². The van der Waals surface area contributed by atoms with Crippen LogP contribution in [-0.2, 0) is 25.5 Å². The fraction of sp³-hybridized carbons (Fsp3) is 0.400. The lowest BCUT2D eigenvalue weighted by Gasteiger charge is -2.59. The maximum Gasteiger partial charge on any atom is 0.191 e. The monoisotopic (exact) mass is 488 g/mol. The van der Waals surface area contributed by atoms with Crippen LogP contribution in [0.5, 0.6) is 0 Å². The lowest BCUT2D eigenvalue weighted by Crippen LogP contribution is -2.85. The number of ether oxygens (including phenoxy) is 1. The van der Waals surface area contributed by atoms with Crippen LogP contribution in [0.2, 0.25) is 0 Å². The van der Waals surface area contributed by atoms with Gasteiger partial charge in [-0.1, -0.05) is 60.3 Å². The third-order valence-electron chi connectivity index (χ3n) is 6.35. The third kappa shape index (κ3) is 4.13. The Morgan fingerprint density at radius 3 is 1.85 bits per heavy atom. The highest BCUT2D eigenvalue weighted by atomic mass is 32.2. The van der Waals surface area contributed by atoms with Gasteiger partial charge in [0.2, 0.25) is 0 Å². The van der Waals surface area contributed by atoms with Crippen LogP contribution in [0.3, 0.4) is 0 Å². The first-order valence-corrected chi connectivity index (χ1v) is 11.6. The molecule has 2 aromatic rings. The fourth-order valence-electron chi connectivity index (χ4n) is 4.41. The van der Waals surface area contributed by atoms with E-state index in [1.807, 2.05) is 0 Å². The van der Waals surface area contributed by atoms with Crippen LogP contribution < -0.4 is 0 Å².